The van der Waals surface area contributed by atoms with E-state index in [2.05, 4.69) is 6.92 Å². The maximum absolute atomic E-state index is 13.4. The molecule has 0 radical (unpaired) electrons. The van der Waals surface area contributed by atoms with Crippen molar-refractivity contribution in [2.45, 2.75) is 84.5 Å². The quantitative estimate of drug-likeness (QED) is 0.516. The van der Waals surface area contributed by atoms with Gasteiger partial charge >= 0.3 is 5.97 Å². The maximum atomic E-state index is 13.4. The summed E-state index contributed by atoms with van der Waals surface area (Å²) in [5.74, 6) is -0.745. The van der Waals surface area contributed by atoms with Gasteiger partial charge < -0.3 is 14.6 Å². The van der Waals surface area contributed by atoms with Gasteiger partial charge in [0.2, 0.25) is 5.78 Å². The van der Waals surface area contributed by atoms with Gasteiger partial charge in [-0.15, -0.1) is 0 Å². The first-order valence-electron chi connectivity index (χ1n) is 12.3. The fraction of sp³-hybridized carbons (Fsp3) is 0.741. The number of carbonyl (C=O) groups is 3. The Morgan fingerprint density at radius 3 is 2.61 bits per heavy atom. The molecule has 4 aliphatic carbocycles. The molecule has 8 atom stereocenters. The van der Waals surface area contributed by atoms with Crippen molar-refractivity contribution in [1.29, 1.82) is 0 Å². The number of esters is 1. The first-order chi connectivity index (χ1) is 15.2. The van der Waals surface area contributed by atoms with Crippen molar-refractivity contribution in [3.63, 3.8) is 0 Å². The summed E-state index contributed by atoms with van der Waals surface area (Å²) >= 11 is 0. The summed E-state index contributed by atoms with van der Waals surface area (Å²) in [5, 5.41) is 12.0. The number of allylic oxidation sites excluding steroid dienone is 2. The largest absolute Gasteiger partial charge is 0.457 e. The molecule has 5 aliphatic rings. The van der Waals surface area contributed by atoms with Crippen LogP contribution in [0.3, 0.4) is 0 Å². The third kappa shape index (κ3) is 2.71. The molecule has 1 N–H and O–H groups in total. The van der Waals surface area contributed by atoms with Gasteiger partial charge in [0.05, 0.1) is 11.5 Å². The van der Waals surface area contributed by atoms with Crippen molar-refractivity contribution in [2.24, 2.45) is 34.0 Å². The molecule has 6 heteroatoms. The molecule has 6 nitrogen and oxygen atoms in total. The molecule has 0 amide bonds. The monoisotopic (exact) mass is 456 g/mol. The van der Waals surface area contributed by atoms with Gasteiger partial charge in [0.15, 0.2) is 12.4 Å². The number of epoxide rings is 1. The number of Topliss-reactive ketones (excluding diaryl/α,β-unsaturated/α-hetero) is 1. The number of ether oxygens (including phenoxy) is 2. The average Bonchev–Trinajstić information content (AvgIpc) is 3.41. The van der Waals surface area contributed by atoms with Gasteiger partial charge in [-0.25, -0.2) is 0 Å². The molecule has 180 valence electrons. The second kappa shape index (κ2) is 6.66. The molecular formula is C27H36O6. The lowest BCUT2D eigenvalue weighted by Crippen LogP contribution is -2.62. The van der Waals surface area contributed by atoms with Crippen LogP contribution in [0, 0.1) is 34.0 Å². The van der Waals surface area contributed by atoms with Crippen LogP contribution in [-0.2, 0) is 23.9 Å². The minimum Gasteiger partial charge on any atom is -0.457 e. The fourth-order valence-corrected chi connectivity index (χ4v) is 8.04. The SMILES string of the molecule is C[C@@H]1CC2C3CCC4=CC(=O)C=C[C@]4(C)[C@@]34O[C@H]4C[C@]2(C)[C@@]1(O)C(=O)COC(=O)C(C)(C)C. The van der Waals surface area contributed by atoms with E-state index < -0.39 is 34.8 Å². The molecular weight excluding hydrogens is 420 g/mol. The minimum atomic E-state index is -1.57. The lowest BCUT2D eigenvalue weighted by atomic mass is 9.46. The van der Waals surface area contributed by atoms with Crippen LogP contribution in [-0.4, -0.2) is 46.6 Å². The number of rotatable bonds is 3. The van der Waals surface area contributed by atoms with E-state index in [1.54, 1.807) is 32.9 Å². The molecule has 0 bridgehead atoms. The molecule has 3 saturated carbocycles. The van der Waals surface area contributed by atoms with E-state index in [-0.39, 0.29) is 40.7 Å². The summed E-state index contributed by atoms with van der Waals surface area (Å²) in [5.41, 5.74) is -2.48. The Balaban J connectivity index is 1.45. The molecule has 1 heterocycles. The van der Waals surface area contributed by atoms with E-state index in [9.17, 15) is 19.5 Å². The number of hydrogen-bond acceptors (Lipinski definition) is 6. The lowest BCUT2D eigenvalue weighted by molar-refractivity contribution is -0.173. The van der Waals surface area contributed by atoms with E-state index in [0.717, 1.165) is 24.8 Å². The number of ketones is 2. The van der Waals surface area contributed by atoms with Crippen LogP contribution in [0.15, 0.2) is 23.8 Å². The van der Waals surface area contributed by atoms with Crippen molar-refractivity contribution in [3.05, 3.63) is 23.8 Å². The number of hydrogen-bond donors (Lipinski definition) is 1. The number of fused-ring (bicyclic) bond motifs is 3. The smallest absolute Gasteiger partial charge is 0.311 e. The highest BCUT2D eigenvalue weighted by Crippen LogP contribution is 2.76. The Labute approximate surface area is 195 Å². The van der Waals surface area contributed by atoms with E-state index >= 15 is 0 Å². The molecule has 33 heavy (non-hydrogen) atoms. The van der Waals surface area contributed by atoms with Crippen LogP contribution in [0.5, 0.6) is 0 Å². The summed E-state index contributed by atoms with van der Waals surface area (Å²) in [6.45, 7) is 11.0. The summed E-state index contributed by atoms with van der Waals surface area (Å²) in [4.78, 5) is 37.7. The third-order valence-corrected chi connectivity index (χ3v) is 9.89. The minimum absolute atomic E-state index is 0.0365. The summed E-state index contributed by atoms with van der Waals surface area (Å²) in [7, 11) is 0. The second-order valence-electron chi connectivity index (χ2n) is 12.5. The summed E-state index contributed by atoms with van der Waals surface area (Å²) in [6.07, 6.45) is 8.41. The maximum Gasteiger partial charge on any atom is 0.311 e. The van der Waals surface area contributed by atoms with Crippen LogP contribution in [0.4, 0.5) is 0 Å². The first kappa shape index (κ1) is 23.0. The van der Waals surface area contributed by atoms with E-state index in [1.807, 2.05) is 19.9 Å². The van der Waals surface area contributed by atoms with E-state index in [1.165, 1.54) is 0 Å². The van der Waals surface area contributed by atoms with Gasteiger partial charge in [-0.2, -0.15) is 0 Å². The summed E-state index contributed by atoms with van der Waals surface area (Å²) < 4.78 is 11.8. The zero-order valence-electron chi connectivity index (χ0n) is 20.6. The normalized spacial score (nSPS) is 47.6. The highest BCUT2D eigenvalue weighted by molar-refractivity contribution is 6.01. The predicted octanol–water partition coefficient (Wildman–Crippen LogP) is 3.56. The van der Waals surface area contributed by atoms with Crippen molar-refractivity contribution in [2.75, 3.05) is 6.61 Å². The van der Waals surface area contributed by atoms with Crippen LogP contribution >= 0.6 is 0 Å². The first-order valence-corrected chi connectivity index (χ1v) is 12.3. The highest BCUT2D eigenvalue weighted by atomic mass is 16.6. The van der Waals surface area contributed by atoms with Crippen molar-refractivity contribution in [1.82, 2.24) is 0 Å². The molecule has 0 aromatic carbocycles. The Hall–Kier alpha value is -1.79. The van der Waals surface area contributed by atoms with Gasteiger partial charge in [-0.3, -0.25) is 14.4 Å². The van der Waals surface area contributed by atoms with Crippen molar-refractivity contribution < 1.29 is 29.0 Å². The molecule has 1 saturated heterocycles. The Morgan fingerprint density at radius 2 is 1.94 bits per heavy atom. The predicted molar refractivity (Wildman–Crippen MR) is 121 cm³/mol. The zero-order valence-corrected chi connectivity index (χ0v) is 20.6. The Morgan fingerprint density at radius 1 is 1.24 bits per heavy atom. The van der Waals surface area contributed by atoms with Gasteiger partial charge in [-0.05, 0) is 83.3 Å². The van der Waals surface area contributed by atoms with E-state index in [4.69, 9.17) is 9.47 Å². The third-order valence-electron chi connectivity index (χ3n) is 9.89. The molecule has 1 spiro atoms. The summed E-state index contributed by atoms with van der Waals surface area (Å²) in [6, 6.07) is 0. The second-order valence-corrected chi connectivity index (χ2v) is 12.5. The molecule has 4 fully saturated rings. The average molecular weight is 457 g/mol. The van der Waals surface area contributed by atoms with Gasteiger partial charge in [0, 0.05) is 10.8 Å². The fourth-order valence-electron chi connectivity index (χ4n) is 8.04. The zero-order chi connectivity index (χ0) is 24.2. The van der Waals surface area contributed by atoms with Gasteiger partial charge in [-0.1, -0.05) is 25.5 Å². The van der Waals surface area contributed by atoms with Crippen molar-refractivity contribution in [3.8, 4) is 0 Å². The molecule has 0 aromatic rings. The number of aliphatic hydroxyl groups is 1. The molecule has 5 rings (SSSR count). The Kier molecular flexibility index (Phi) is 4.64. The topological polar surface area (TPSA) is 93.2 Å². The molecule has 2 unspecified atom stereocenters. The molecule has 0 aromatic heterocycles. The van der Waals surface area contributed by atoms with Crippen LogP contribution < -0.4 is 0 Å². The van der Waals surface area contributed by atoms with Crippen LogP contribution in [0.2, 0.25) is 0 Å². The standard InChI is InChI=1S/C27H36O6/c1-15-11-19-18-8-7-16-12-17(28)9-10-24(16,5)27(18)21(33-27)13-25(19,6)26(15,31)20(29)14-32-22(30)23(2,3)4/h9-10,12,15,18-19,21,31H,7-8,11,13-14H2,1-6H3/t15-,18?,19?,21+,24+,25+,26+,27-/m1/s1. The van der Waals surface area contributed by atoms with Gasteiger partial charge in [0.1, 0.15) is 11.2 Å². The van der Waals surface area contributed by atoms with Crippen molar-refractivity contribution >= 4 is 17.5 Å². The van der Waals surface area contributed by atoms with Crippen LogP contribution in [0.1, 0.15) is 67.2 Å². The van der Waals surface area contributed by atoms with Gasteiger partial charge in [0.25, 0.3) is 0 Å². The van der Waals surface area contributed by atoms with E-state index in [0.29, 0.717) is 6.42 Å². The lowest BCUT2D eigenvalue weighted by Gasteiger charge is -2.55. The number of carbonyl (C=O) groups excluding carboxylic acids is 3. The Bertz CT molecular complexity index is 1000. The van der Waals surface area contributed by atoms with Crippen LogP contribution in [0.25, 0.3) is 0 Å². The highest BCUT2D eigenvalue weighted by Gasteiger charge is 2.82. The molecule has 1 aliphatic heterocycles.